The van der Waals surface area contributed by atoms with Gasteiger partial charge in [0.05, 0.1) is 0 Å². The molecule has 1 aliphatic heterocycles. The molecular formula is C12H11N3O3. The van der Waals surface area contributed by atoms with Gasteiger partial charge in [0.25, 0.3) is 5.91 Å². The van der Waals surface area contributed by atoms with E-state index in [1.165, 1.54) is 6.08 Å². The van der Waals surface area contributed by atoms with Crippen LogP contribution in [-0.4, -0.2) is 29.4 Å². The lowest BCUT2D eigenvalue weighted by Crippen LogP contribution is -2.43. The SMILES string of the molecule is O=C(/C=C/c1ccccc1)NN1CC(=O)NC1=O. The lowest BCUT2D eigenvalue weighted by atomic mass is 10.2. The van der Waals surface area contributed by atoms with Gasteiger partial charge in [-0.1, -0.05) is 30.3 Å². The molecule has 1 heterocycles. The summed E-state index contributed by atoms with van der Waals surface area (Å²) in [6, 6.07) is 8.64. The van der Waals surface area contributed by atoms with E-state index in [2.05, 4.69) is 10.7 Å². The molecule has 0 aromatic heterocycles. The van der Waals surface area contributed by atoms with Crippen molar-refractivity contribution in [3.05, 3.63) is 42.0 Å². The zero-order chi connectivity index (χ0) is 13.0. The second-order valence-electron chi connectivity index (χ2n) is 3.66. The van der Waals surface area contributed by atoms with E-state index < -0.39 is 17.8 Å². The van der Waals surface area contributed by atoms with E-state index in [-0.39, 0.29) is 6.54 Å². The molecule has 1 aromatic rings. The average Bonchev–Trinajstić information content (AvgIpc) is 2.67. The Balaban J connectivity index is 1.91. The van der Waals surface area contributed by atoms with Crippen molar-refractivity contribution in [2.75, 3.05) is 6.54 Å². The highest BCUT2D eigenvalue weighted by molar-refractivity contribution is 6.03. The predicted octanol–water partition coefficient (Wildman–Crippen LogP) is 0.283. The topological polar surface area (TPSA) is 78.5 Å². The maximum Gasteiger partial charge on any atom is 0.343 e. The van der Waals surface area contributed by atoms with E-state index in [4.69, 9.17) is 0 Å². The van der Waals surface area contributed by atoms with E-state index in [1.54, 1.807) is 6.08 Å². The average molecular weight is 245 g/mol. The molecule has 1 aromatic carbocycles. The van der Waals surface area contributed by atoms with Crippen LogP contribution in [0.3, 0.4) is 0 Å². The first-order valence-corrected chi connectivity index (χ1v) is 5.30. The molecule has 4 amide bonds. The maximum absolute atomic E-state index is 11.5. The molecule has 6 nitrogen and oxygen atoms in total. The van der Waals surface area contributed by atoms with Crippen molar-refractivity contribution in [1.82, 2.24) is 15.8 Å². The number of rotatable bonds is 3. The summed E-state index contributed by atoms with van der Waals surface area (Å²) >= 11 is 0. The first-order valence-electron chi connectivity index (χ1n) is 5.30. The summed E-state index contributed by atoms with van der Waals surface area (Å²) in [5.74, 6) is -0.906. The van der Waals surface area contributed by atoms with Crippen LogP contribution < -0.4 is 10.7 Å². The van der Waals surface area contributed by atoms with Crippen molar-refractivity contribution < 1.29 is 14.4 Å². The van der Waals surface area contributed by atoms with E-state index in [9.17, 15) is 14.4 Å². The number of amides is 4. The molecule has 0 aliphatic carbocycles. The van der Waals surface area contributed by atoms with Crippen molar-refractivity contribution >= 4 is 23.9 Å². The van der Waals surface area contributed by atoms with Gasteiger partial charge in [-0.05, 0) is 11.6 Å². The van der Waals surface area contributed by atoms with Gasteiger partial charge in [-0.15, -0.1) is 0 Å². The third-order valence-corrected chi connectivity index (χ3v) is 2.27. The van der Waals surface area contributed by atoms with Crippen LogP contribution in [-0.2, 0) is 9.59 Å². The van der Waals surface area contributed by atoms with Gasteiger partial charge in [-0.2, -0.15) is 0 Å². The van der Waals surface area contributed by atoms with E-state index in [0.29, 0.717) is 0 Å². The minimum Gasteiger partial charge on any atom is -0.275 e. The van der Waals surface area contributed by atoms with Crippen LogP contribution in [0.5, 0.6) is 0 Å². The Hall–Kier alpha value is -2.63. The van der Waals surface area contributed by atoms with Crippen LogP contribution in [0.15, 0.2) is 36.4 Å². The second-order valence-corrected chi connectivity index (χ2v) is 3.66. The quantitative estimate of drug-likeness (QED) is 0.593. The summed E-state index contributed by atoms with van der Waals surface area (Å²) in [6.45, 7) is -0.163. The number of nitrogens with one attached hydrogen (secondary N) is 2. The van der Waals surface area contributed by atoms with Crippen LogP contribution in [0.2, 0.25) is 0 Å². The number of urea groups is 1. The van der Waals surface area contributed by atoms with Crippen LogP contribution in [0.1, 0.15) is 5.56 Å². The van der Waals surface area contributed by atoms with Gasteiger partial charge < -0.3 is 0 Å². The monoisotopic (exact) mass is 245 g/mol. The lowest BCUT2D eigenvalue weighted by Gasteiger charge is -2.12. The molecule has 0 spiro atoms. The summed E-state index contributed by atoms with van der Waals surface area (Å²) in [7, 11) is 0. The molecule has 92 valence electrons. The van der Waals surface area contributed by atoms with Gasteiger partial charge in [0, 0.05) is 6.08 Å². The Kier molecular flexibility index (Phi) is 3.38. The smallest absolute Gasteiger partial charge is 0.275 e. The Morgan fingerprint density at radius 2 is 2.00 bits per heavy atom. The Labute approximate surface area is 103 Å². The minimum absolute atomic E-state index is 0.163. The van der Waals surface area contributed by atoms with Gasteiger partial charge in [0.1, 0.15) is 6.54 Å². The van der Waals surface area contributed by atoms with Crippen molar-refractivity contribution in [3.8, 4) is 0 Å². The number of imide groups is 1. The van der Waals surface area contributed by atoms with Crippen LogP contribution in [0.4, 0.5) is 4.79 Å². The third-order valence-electron chi connectivity index (χ3n) is 2.27. The summed E-state index contributed by atoms with van der Waals surface area (Å²) in [4.78, 5) is 33.5. The van der Waals surface area contributed by atoms with Gasteiger partial charge in [0.2, 0.25) is 5.91 Å². The van der Waals surface area contributed by atoms with E-state index in [1.807, 2.05) is 30.3 Å². The fourth-order valence-corrected chi connectivity index (χ4v) is 1.44. The molecule has 6 heteroatoms. The molecule has 2 rings (SSSR count). The Bertz CT molecular complexity index is 511. The molecule has 0 radical (unpaired) electrons. The minimum atomic E-state index is -0.624. The van der Waals surface area contributed by atoms with Crippen LogP contribution >= 0.6 is 0 Å². The molecule has 0 saturated carbocycles. The van der Waals surface area contributed by atoms with Crippen LogP contribution in [0.25, 0.3) is 6.08 Å². The first kappa shape index (κ1) is 11.8. The zero-order valence-corrected chi connectivity index (χ0v) is 9.42. The molecule has 0 unspecified atom stereocenters. The molecule has 18 heavy (non-hydrogen) atoms. The second kappa shape index (κ2) is 5.13. The van der Waals surface area contributed by atoms with E-state index >= 15 is 0 Å². The molecule has 1 saturated heterocycles. The molecule has 1 aliphatic rings. The molecular weight excluding hydrogens is 234 g/mol. The van der Waals surface area contributed by atoms with Gasteiger partial charge >= 0.3 is 6.03 Å². The normalized spacial score (nSPS) is 15.0. The summed E-state index contributed by atoms with van der Waals surface area (Å²) in [5, 5.41) is 2.99. The standard InChI is InChI=1S/C12H11N3O3/c16-10(7-6-9-4-2-1-3-5-9)14-15-8-11(17)13-12(15)18/h1-7H,8H2,(H,14,16)(H,13,17,18)/b7-6+. The van der Waals surface area contributed by atoms with Crippen LogP contribution in [0, 0.1) is 0 Å². The van der Waals surface area contributed by atoms with Gasteiger partial charge in [0.15, 0.2) is 0 Å². The first-order chi connectivity index (χ1) is 8.65. The lowest BCUT2D eigenvalue weighted by molar-refractivity contribution is -0.121. The Morgan fingerprint density at radius 3 is 2.61 bits per heavy atom. The number of hydrazine groups is 1. The summed E-state index contributed by atoms with van der Waals surface area (Å²) in [6.07, 6.45) is 2.91. The number of hydrogen-bond acceptors (Lipinski definition) is 3. The highest BCUT2D eigenvalue weighted by Gasteiger charge is 2.27. The van der Waals surface area contributed by atoms with Crippen molar-refractivity contribution in [2.45, 2.75) is 0 Å². The number of nitrogens with zero attached hydrogens (tertiary/aromatic N) is 1. The number of carbonyl (C=O) groups is 3. The Morgan fingerprint density at radius 1 is 1.28 bits per heavy atom. The van der Waals surface area contributed by atoms with Crippen molar-refractivity contribution in [3.63, 3.8) is 0 Å². The number of hydrogen-bond donors (Lipinski definition) is 2. The molecule has 2 N–H and O–H groups in total. The summed E-state index contributed by atoms with van der Waals surface area (Å²) < 4.78 is 0. The highest BCUT2D eigenvalue weighted by atomic mass is 16.2. The fourth-order valence-electron chi connectivity index (χ4n) is 1.44. The number of carbonyl (C=O) groups excluding carboxylic acids is 3. The van der Waals surface area contributed by atoms with E-state index in [0.717, 1.165) is 10.6 Å². The maximum atomic E-state index is 11.5. The fraction of sp³-hybridized carbons (Fsp3) is 0.0833. The zero-order valence-electron chi connectivity index (χ0n) is 9.42. The molecule has 1 fully saturated rings. The highest BCUT2D eigenvalue weighted by Crippen LogP contribution is 2.01. The molecule has 0 atom stereocenters. The summed E-state index contributed by atoms with van der Waals surface area (Å²) in [5.41, 5.74) is 3.17. The van der Waals surface area contributed by atoms with Gasteiger partial charge in [-0.3, -0.25) is 20.3 Å². The van der Waals surface area contributed by atoms with Crippen molar-refractivity contribution in [2.24, 2.45) is 0 Å². The largest absolute Gasteiger partial charge is 0.343 e. The van der Waals surface area contributed by atoms with Crippen molar-refractivity contribution in [1.29, 1.82) is 0 Å². The molecule has 0 bridgehead atoms. The van der Waals surface area contributed by atoms with Gasteiger partial charge in [-0.25, -0.2) is 9.80 Å². The predicted molar refractivity (Wildman–Crippen MR) is 63.9 cm³/mol. The third kappa shape index (κ3) is 2.94. The number of benzene rings is 1.